The predicted molar refractivity (Wildman–Crippen MR) is 85.0 cm³/mol. The Kier molecular flexibility index (Phi) is 2.86. The highest BCUT2D eigenvalue weighted by atomic mass is 16.5. The molecule has 0 bridgehead atoms. The highest BCUT2D eigenvalue weighted by Crippen LogP contribution is 2.23. The van der Waals surface area contributed by atoms with Gasteiger partial charge in [-0.05, 0) is 23.6 Å². The Hall–Kier alpha value is -3.14. The molecule has 0 unspecified atom stereocenters. The Bertz CT molecular complexity index is 995. The van der Waals surface area contributed by atoms with Gasteiger partial charge in [0.25, 0.3) is 5.89 Å². The van der Waals surface area contributed by atoms with E-state index in [1.54, 1.807) is 0 Å². The van der Waals surface area contributed by atoms with Crippen LogP contribution in [0.1, 0.15) is 0 Å². The first-order valence-corrected chi connectivity index (χ1v) is 6.97. The van der Waals surface area contributed by atoms with Crippen molar-refractivity contribution in [2.45, 2.75) is 0 Å². The van der Waals surface area contributed by atoms with Gasteiger partial charge in [-0.3, -0.25) is 0 Å². The van der Waals surface area contributed by atoms with Crippen molar-refractivity contribution >= 4 is 10.8 Å². The third kappa shape index (κ3) is 2.02. The quantitative estimate of drug-likeness (QED) is 0.565. The van der Waals surface area contributed by atoms with Gasteiger partial charge in [0, 0.05) is 10.9 Å². The Morgan fingerprint density at radius 3 is 2.41 bits per heavy atom. The summed E-state index contributed by atoms with van der Waals surface area (Å²) >= 11 is 0. The first-order valence-electron chi connectivity index (χ1n) is 6.97. The van der Waals surface area contributed by atoms with Crippen LogP contribution in [0.3, 0.4) is 0 Å². The number of nitrogens with zero attached hydrogens (tertiary/aromatic N) is 2. The maximum Gasteiger partial charge on any atom is 0.384 e. The van der Waals surface area contributed by atoms with Crippen LogP contribution in [-0.4, -0.2) is 9.72 Å². The molecule has 3 aromatic carbocycles. The molecule has 106 valence electrons. The predicted octanol–water partition coefficient (Wildman–Crippen LogP) is 3.65. The van der Waals surface area contributed by atoms with E-state index in [1.165, 1.54) is 4.74 Å². The summed E-state index contributed by atoms with van der Waals surface area (Å²) in [7, 11) is 0. The molecule has 0 aliphatic rings. The van der Waals surface area contributed by atoms with Gasteiger partial charge in [-0.15, -0.1) is 4.74 Å². The van der Waals surface area contributed by atoms with Crippen molar-refractivity contribution in [2.24, 2.45) is 0 Å². The summed E-state index contributed by atoms with van der Waals surface area (Å²) < 4.78 is 6.93. The van der Waals surface area contributed by atoms with Crippen LogP contribution < -0.4 is 5.69 Å². The van der Waals surface area contributed by atoms with Gasteiger partial charge in [0.05, 0.1) is 5.69 Å². The van der Waals surface area contributed by atoms with Crippen LogP contribution in [0.15, 0.2) is 82.1 Å². The normalized spacial score (nSPS) is 10.9. The molecule has 1 heterocycles. The third-order valence-electron chi connectivity index (χ3n) is 3.55. The topological polar surface area (TPSA) is 48.0 Å². The molecule has 0 amide bonds. The minimum Gasteiger partial charge on any atom is -0.349 e. The molecule has 22 heavy (non-hydrogen) atoms. The molecule has 1 aromatic heterocycles. The molecule has 0 N–H and O–H groups in total. The standard InChI is InChI=1S/C18H12N2O2/c21-18-19-17(14-8-2-1-3-9-14)22-20(18)16-12-6-10-13-7-4-5-11-15(13)16/h1-12H. The minimum atomic E-state index is -0.421. The van der Waals surface area contributed by atoms with Crippen LogP contribution in [0.25, 0.3) is 27.9 Å². The monoisotopic (exact) mass is 288 g/mol. The zero-order valence-electron chi connectivity index (χ0n) is 11.6. The first kappa shape index (κ1) is 12.6. The SMILES string of the molecule is O=c1nc(-c2ccccc2)on1-c1cccc2ccccc12. The van der Waals surface area contributed by atoms with Crippen molar-refractivity contribution in [3.8, 4) is 17.1 Å². The van der Waals surface area contributed by atoms with E-state index < -0.39 is 5.69 Å². The Labute approximate surface area is 126 Å². The fraction of sp³-hybridized carbons (Fsp3) is 0. The molecule has 0 fully saturated rings. The summed E-state index contributed by atoms with van der Waals surface area (Å²) in [6.45, 7) is 0. The van der Waals surface area contributed by atoms with E-state index in [1.807, 2.05) is 72.8 Å². The summed E-state index contributed by atoms with van der Waals surface area (Å²) in [5.41, 5.74) is 1.05. The second-order valence-electron chi connectivity index (χ2n) is 4.95. The Morgan fingerprint density at radius 1 is 0.818 bits per heavy atom. The van der Waals surface area contributed by atoms with Gasteiger partial charge in [0.15, 0.2) is 0 Å². The van der Waals surface area contributed by atoms with Crippen molar-refractivity contribution < 1.29 is 4.52 Å². The van der Waals surface area contributed by atoms with Gasteiger partial charge >= 0.3 is 5.69 Å². The van der Waals surface area contributed by atoms with Gasteiger partial charge in [-0.1, -0.05) is 54.6 Å². The summed E-state index contributed by atoms with van der Waals surface area (Å²) in [5.74, 6) is 0.318. The molecule has 4 rings (SSSR count). The van der Waals surface area contributed by atoms with Gasteiger partial charge in [0.2, 0.25) is 0 Å². The fourth-order valence-electron chi connectivity index (χ4n) is 2.51. The van der Waals surface area contributed by atoms with Gasteiger partial charge in [0.1, 0.15) is 0 Å². The highest BCUT2D eigenvalue weighted by molar-refractivity contribution is 5.89. The summed E-state index contributed by atoms with van der Waals surface area (Å²) in [5, 5.41) is 1.99. The van der Waals surface area contributed by atoms with Crippen LogP contribution in [-0.2, 0) is 0 Å². The highest BCUT2D eigenvalue weighted by Gasteiger charge is 2.13. The van der Waals surface area contributed by atoms with Gasteiger partial charge in [-0.2, -0.15) is 4.98 Å². The molecule has 0 aliphatic heterocycles. The zero-order chi connectivity index (χ0) is 14.9. The smallest absolute Gasteiger partial charge is 0.349 e. The molecule has 0 atom stereocenters. The largest absolute Gasteiger partial charge is 0.384 e. The number of hydrogen-bond donors (Lipinski definition) is 0. The Morgan fingerprint density at radius 2 is 1.55 bits per heavy atom. The van der Waals surface area contributed by atoms with Crippen molar-refractivity contribution in [3.63, 3.8) is 0 Å². The lowest BCUT2D eigenvalue weighted by Crippen LogP contribution is -2.14. The maximum absolute atomic E-state index is 12.2. The van der Waals surface area contributed by atoms with E-state index in [2.05, 4.69) is 4.98 Å². The van der Waals surface area contributed by atoms with E-state index in [0.29, 0.717) is 11.6 Å². The summed E-state index contributed by atoms with van der Waals surface area (Å²) in [4.78, 5) is 16.2. The van der Waals surface area contributed by atoms with E-state index in [-0.39, 0.29) is 0 Å². The fourth-order valence-corrected chi connectivity index (χ4v) is 2.51. The number of hydrogen-bond acceptors (Lipinski definition) is 3. The summed E-state index contributed by atoms with van der Waals surface area (Å²) in [6.07, 6.45) is 0. The van der Waals surface area contributed by atoms with Crippen molar-refractivity contribution in [3.05, 3.63) is 83.3 Å². The van der Waals surface area contributed by atoms with E-state index in [4.69, 9.17) is 4.52 Å². The molecule has 0 aliphatic carbocycles. The van der Waals surface area contributed by atoms with Crippen LogP contribution in [0.4, 0.5) is 0 Å². The summed E-state index contributed by atoms with van der Waals surface area (Å²) in [6, 6.07) is 23.0. The van der Waals surface area contributed by atoms with Crippen LogP contribution in [0, 0.1) is 0 Å². The van der Waals surface area contributed by atoms with Crippen LogP contribution >= 0.6 is 0 Å². The number of fused-ring (bicyclic) bond motifs is 1. The molecular formula is C18H12N2O2. The van der Waals surface area contributed by atoms with Crippen molar-refractivity contribution in [2.75, 3.05) is 0 Å². The van der Waals surface area contributed by atoms with E-state index in [0.717, 1.165) is 16.3 Å². The lowest BCUT2D eigenvalue weighted by molar-refractivity contribution is 0.350. The van der Waals surface area contributed by atoms with Gasteiger partial charge < -0.3 is 4.52 Å². The van der Waals surface area contributed by atoms with Crippen molar-refractivity contribution in [1.82, 2.24) is 9.72 Å². The average molecular weight is 288 g/mol. The third-order valence-corrected chi connectivity index (χ3v) is 3.55. The molecule has 4 nitrogen and oxygen atoms in total. The molecule has 0 spiro atoms. The lowest BCUT2D eigenvalue weighted by Gasteiger charge is -2.04. The molecule has 0 saturated carbocycles. The van der Waals surface area contributed by atoms with E-state index in [9.17, 15) is 4.79 Å². The zero-order valence-corrected chi connectivity index (χ0v) is 11.6. The molecule has 4 aromatic rings. The molecule has 4 heteroatoms. The first-order chi connectivity index (χ1) is 10.8. The molecule has 0 saturated heterocycles. The minimum absolute atomic E-state index is 0.318. The average Bonchev–Trinajstić information content (AvgIpc) is 2.97. The maximum atomic E-state index is 12.2. The van der Waals surface area contributed by atoms with Gasteiger partial charge in [-0.25, -0.2) is 4.79 Å². The molecule has 0 radical (unpaired) electrons. The van der Waals surface area contributed by atoms with Crippen LogP contribution in [0.5, 0.6) is 0 Å². The number of benzene rings is 3. The Balaban J connectivity index is 1.93. The van der Waals surface area contributed by atoms with Crippen molar-refractivity contribution in [1.29, 1.82) is 0 Å². The second kappa shape index (κ2) is 5.00. The molecular weight excluding hydrogens is 276 g/mol. The number of aromatic nitrogens is 2. The second-order valence-corrected chi connectivity index (χ2v) is 4.95. The number of rotatable bonds is 2. The lowest BCUT2D eigenvalue weighted by atomic mass is 10.1. The van der Waals surface area contributed by atoms with Crippen LogP contribution in [0.2, 0.25) is 0 Å². The van der Waals surface area contributed by atoms with E-state index >= 15 is 0 Å².